The molecule has 4 heteroatoms. The van der Waals surface area contributed by atoms with Crippen LogP contribution in [-0.4, -0.2) is 23.1 Å². The van der Waals surface area contributed by atoms with Gasteiger partial charge in [-0.1, -0.05) is 6.07 Å². The van der Waals surface area contributed by atoms with Crippen molar-refractivity contribution in [1.29, 1.82) is 0 Å². The molecule has 2 aromatic rings. The number of benzene rings is 1. The number of rotatable bonds is 3. The minimum Gasteiger partial charge on any atom is -0.356 e. The molecular formula is C17H22N4. The lowest BCUT2D eigenvalue weighted by Gasteiger charge is -2.18. The molecule has 0 unspecified atom stereocenters. The van der Waals surface area contributed by atoms with Crippen LogP contribution < -0.4 is 10.2 Å². The van der Waals surface area contributed by atoms with E-state index in [1.54, 1.807) is 0 Å². The molecule has 1 aromatic heterocycles. The Hall–Kier alpha value is -2.10. The zero-order valence-electron chi connectivity index (χ0n) is 13.0. The van der Waals surface area contributed by atoms with E-state index in [0.717, 1.165) is 36.2 Å². The molecule has 0 radical (unpaired) electrons. The molecule has 2 heterocycles. The highest BCUT2D eigenvalue weighted by Gasteiger charge is 2.15. The van der Waals surface area contributed by atoms with Gasteiger partial charge in [0, 0.05) is 24.8 Å². The van der Waals surface area contributed by atoms with Crippen molar-refractivity contribution in [2.45, 2.75) is 33.6 Å². The Morgan fingerprint density at radius 3 is 2.24 bits per heavy atom. The van der Waals surface area contributed by atoms with E-state index in [9.17, 15) is 0 Å². The van der Waals surface area contributed by atoms with E-state index in [1.165, 1.54) is 24.0 Å². The summed E-state index contributed by atoms with van der Waals surface area (Å²) in [5, 5.41) is 3.41. The summed E-state index contributed by atoms with van der Waals surface area (Å²) in [5.74, 6) is 2.72. The first kappa shape index (κ1) is 13.9. The molecule has 21 heavy (non-hydrogen) atoms. The molecule has 0 atom stereocenters. The van der Waals surface area contributed by atoms with Gasteiger partial charge in [0.2, 0.25) is 0 Å². The Morgan fingerprint density at radius 1 is 0.905 bits per heavy atom. The number of aryl methyl sites for hydroxylation is 3. The molecular weight excluding hydrogens is 260 g/mol. The molecule has 0 bridgehead atoms. The van der Waals surface area contributed by atoms with Gasteiger partial charge >= 0.3 is 0 Å². The highest BCUT2D eigenvalue weighted by molar-refractivity contribution is 5.61. The lowest BCUT2D eigenvalue weighted by molar-refractivity contribution is 0.912. The fraction of sp³-hybridized carbons (Fsp3) is 0.412. The van der Waals surface area contributed by atoms with Gasteiger partial charge in [-0.2, -0.15) is 0 Å². The molecule has 110 valence electrons. The minimum atomic E-state index is 0.811. The second-order valence-corrected chi connectivity index (χ2v) is 5.85. The average molecular weight is 282 g/mol. The number of aromatic nitrogens is 2. The summed E-state index contributed by atoms with van der Waals surface area (Å²) in [4.78, 5) is 11.4. The zero-order chi connectivity index (χ0) is 14.8. The minimum absolute atomic E-state index is 0.811. The van der Waals surface area contributed by atoms with Crippen LogP contribution in [0.15, 0.2) is 24.3 Å². The van der Waals surface area contributed by atoms with Gasteiger partial charge < -0.3 is 10.2 Å². The van der Waals surface area contributed by atoms with Crippen LogP contribution in [0.2, 0.25) is 0 Å². The summed E-state index contributed by atoms with van der Waals surface area (Å²) in [6.07, 6.45) is 2.51. The third-order valence-electron chi connectivity index (χ3n) is 3.75. The standard InChI is InChI=1S/C17H22N4/c1-12-8-13(2)10-15(9-12)20-16-11-17(19-14(3)18-16)21-6-4-5-7-21/h8-11H,4-7H2,1-3H3,(H,18,19,20). The van der Waals surface area contributed by atoms with E-state index in [0.29, 0.717) is 0 Å². The van der Waals surface area contributed by atoms with Gasteiger partial charge in [0.1, 0.15) is 17.5 Å². The lowest BCUT2D eigenvalue weighted by Crippen LogP contribution is -2.19. The van der Waals surface area contributed by atoms with E-state index in [1.807, 2.05) is 6.92 Å². The van der Waals surface area contributed by atoms with Crippen molar-refractivity contribution >= 4 is 17.3 Å². The Morgan fingerprint density at radius 2 is 1.57 bits per heavy atom. The first-order valence-electron chi connectivity index (χ1n) is 7.56. The van der Waals surface area contributed by atoms with Crippen LogP contribution in [-0.2, 0) is 0 Å². The van der Waals surface area contributed by atoms with Gasteiger partial charge in [0.15, 0.2) is 0 Å². The second kappa shape index (κ2) is 5.72. The normalized spacial score (nSPS) is 14.5. The maximum atomic E-state index is 4.57. The topological polar surface area (TPSA) is 41.0 Å². The van der Waals surface area contributed by atoms with Gasteiger partial charge in [-0.25, -0.2) is 9.97 Å². The summed E-state index contributed by atoms with van der Waals surface area (Å²) in [6.45, 7) is 8.36. The van der Waals surface area contributed by atoms with E-state index in [-0.39, 0.29) is 0 Å². The summed E-state index contributed by atoms with van der Waals surface area (Å²) < 4.78 is 0. The zero-order valence-corrected chi connectivity index (χ0v) is 13.0. The van der Waals surface area contributed by atoms with Gasteiger partial charge in [-0.05, 0) is 56.9 Å². The maximum absolute atomic E-state index is 4.57. The van der Waals surface area contributed by atoms with E-state index in [2.05, 4.69) is 58.3 Å². The fourth-order valence-electron chi connectivity index (χ4n) is 2.92. The first-order valence-corrected chi connectivity index (χ1v) is 7.56. The number of anilines is 3. The lowest BCUT2D eigenvalue weighted by atomic mass is 10.1. The number of nitrogens with one attached hydrogen (secondary N) is 1. The van der Waals surface area contributed by atoms with Crippen LogP contribution in [0.4, 0.5) is 17.3 Å². The maximum Gasteiger partial charge on any atom is 0.136 e. The van der Waals surface area contributed by atoms with Crippen molar-refractivity contribution in [2.75, 3.05) is 23.3 Å². The summed E-state index contributed by atoms with van der Waals surface area (Å²) in [7, 11) is 0. The van der Waals surface area contributed by atoms with Crippen LogP contribution in [0.3, 0.4) is 0 Å². The molecule has 1 aromatic carbocycles. The fourth-order valence-corrected chi connectivity index (χ4v) is 2.92. The van der Waals surface area contributed by atoms with E-state index in [4.69, 9.17) is 0 Å². The van der Waals surface area contributed by atoms with Crippen LogP contribution in [0.5, 0.6) is 0 Å². The highest BCUT2D eigenvalue weighted by Crippen LogP contribution is 2.23. The Labute approximate surface area is 126 Å². The van der Waals surface area contributed by atoms with Gasteiger partial charge in [-0.15, -0.1) is 0 Å². The van der Waals surface area contributed by atoms with E-state index < -0.39 is 0 Å². The molecule has 1 saturated heterocycles. The summed E-state index contributed by atoms with van der Waals surface area (Å²) in [6, 6.07) is 8.50. The SMILES string of the molecule is Cc1cc(C)cc(Nc2cc(N3CCCC3)nc(C)n2)c1. The van der Waals surface area contributed by atoms with Crippen molar-refractivity contribution in [3.05, 3.63) is 41.2 Å². The third kappa shape index (κ3) is 3.32. The number of nitrogens with zero attached hydrogens (tertiary/aromatic N) is 3. The van der Waals surface area contributed by atoms with Crippen LogP contribution in [0.1, 0.15) is 29.8 Å². The van der Waals surface area contributed by atoms with Crippen molar-refractivity contribution in [3.63, 3.8) is 0 Å². The van der Waals surface area contributed by atoms with Crippen molar-refractivity contribution in [3.8, 4) is 0 Å². The molecule has 1 N–H and O–H groups in total. The van der Waals surface area contributed by atoms with Crippen LogP contribution >= 0.6 is 0 Å². The molecule has 1 aliphatic rings. The van der Waals surface area contributed by atoms with Crippen molar-refractivity contribution in [1.82, 2.24) is 9.97 Å². The smallest absolute Gasteiger partial charge is 0.136 e. The average Bonchev–Trinajstić information content (AvgIpc) is 2.90. The molecule has 3 rings (SSSR count). The van der Waals surface area contributed by atoms with Gasteiger partial charge in [-0.3, -0.25) is 0 Å². The first-order chi connectivity index (χ1) is 10.1. The predicted octanol–water partition coefficient (Wildman–Crippen LogP) is 3.75. The molecule has 1 aliphatic heterocycles. The molecule has 1 fully saturated rings. The second-order valence-electron chi connectivity index (χ2n) is 5.85. The molecule has 0 spiro atoms. The molecule has 4 nitrogen and oxygen atoms in total. The van der Waals surface area contributed by atoms with Gasteiger partial charge in [0.25, 0.3) is 0 Å². The third-order valence-corrected chi connectivity index (χ3v) is 3.75. The van der Waals surface area contributed by atoms with Crippen LogP contribution in [0.25, 0.3) is 0 Å². The summed E-state index contributed by atoms with van der Waals surface area (Å²) in [5.41, 5.74) is 3.59. The molecule has 0 aliphatic carbocycles. The predicted molar refractivity (Wildman–Crippen MR) is 87.4 cm³/mol. The largest absolute Gasteiger partial charge is 0.356 e. The highest BCUT2D eigenvalue weighted by atomic mass is 15.2. The van der Waals surface area contributed by atoms with Gasteiger partial charge in [0.05, 0.1) is 0 Å². The van der Waals surface area contributed by atoms with Crippen molar-refractivity contribution in [2.24, 2.45) is 0 Å². The quantitative estimate of drug-likeness (QED) is 0.931. The Kier molecular flexibility index (Phi) is 3.78. The van der Waals surface area contributed by atoms with Crippen molar-refractivity contribution < 1.29 is 0 Å². The van der Waals surface area contributed by atoms with E-state index >= 15 is 0 Å². The molecule has 0 amide bonds. The number of hydrogen-bond acceptors (Lipinski definition) is 4. The Bertz CT molecular complexity index is 625. The monoisotopic (exact) mass is 282 g/mol. The summed E-state index contributed by atoms with van der Waals surface area (Å²) >= 11 is 0. The number of hydrogen-bond donors (Lipinski definition) is 1. The van der Waals surface area contributed by atoms with Crippen LogP contribution in [0, 0.1) is 20.8 Å². The Balaban J connectivity index is 1.87. The molecule has 0 saturated carbocycles.